The molecule has 0 radical (unpaired) electrons. The molecule has 0 atom stereocenters. The molecule has 0 bridgehead atoms. The lowest BCUT2D eigenvalue weighted by molar-refractivity contribution is 0.0970. The predicted molar refractivity (Wildman–Crippen MR) is 58.2 cm³/mol. The van der Waals surface area contributed by atoms with Crippen LogP contribution in [0.3, 0.4) is 0 Å². The first-order valence-electron chi connectivity index (χ1n) is 5.81. The normalized spacial score (nSPS) is 26.4. The monoisotopic (exact) mass is 195 g/mol. The van der Waals surface area contributed by atoms with Gasteiger partial charge in [0, 0.05) is 13.1 Å². The van der Waals surface area contributed by atoms with E-state index in [4.69, 9.17) is 11.1 Å². The molecule has 2 fully saturated rings. The van der Waals surface area contributed by atoms with Crippen LogP contribution in [0.25, 0.3) is 0 Å². The van der Waals surface area contributed by atoms with E-state index in [9.17, 15) is 0 Å². The molecule has 1 aliphatic heterocycles. The summed E-state index contributed by atoms with van der Waals surface area (Å²) in [5, 5.41) is 7.39. The maximum atomic E-state index is 7.39. The second-order valence-electron chi connectivity index (χ2n) is 4.93. The van der Waals surface area contributed by atoms with Crippen LogP contribution in [0.2, 0.25) is 0 Å². The second-order valence-corrected chi connectivity index (χ2v) is 4.93. The fraction of sp³-hybridized carbons (Fsp3) is 0.909. The van der Waals surface area contributed by atoms with Crippen molar-refractivity contribution in [3.63, 3.8) is 0 Å². The molecule has 1 saturated carbocycles. The molecule has 1 heterocycles. The third-order valence-corrected chi connectivity index (χ3v) is 4.08. The van der Waals surface area contributed by atoms with Crippen molar-refractivity contribution in [3.05, 3.63) is 0 Å². The van der Waals surface area contributed by atoms with Gasteiger partial charge >= 0.3 is 0 Å². The number of hydrogen-bond acceptors (Lipinski definition) is 1. The van der Waals surface area contributed by atoms with E-state index in [1.54, 1.807) is 0 Å². The minimum absolute atomic E-state index is 0.260. The van der Waals surface area contributed by atoms with E-state index in [0.29, 0.717) is 5.41 Å². The minimum atomic E-state index is 0.260. The Morgan fingerprint density at radius 2 is 1.57 bits per heavy atom. The lowest BCUT2D eigenvalue weighted by atomic mass is 9.68. The molecule has 80 valence electrons. The van der Waals surface area contributed by atoms with E-state index in [-0.39, 0.29) is 5.96 Å². The highest BCUT2D eigenvalue weighted by Gasteiger charge is 2.35. The Labute approximate surface area is 86.2 Å². The maximum absolute atomic E-state index is 7.39. The third kappa shape index (κ3) is 1.86. The van der Waals surface area contributed by atoms with Crippen LogP contribution in [-0.4, -0.2) is 23.9 Å². The van der Waals surface area contributed by atoms with E-state index in [2.05, 4.69) is 0 Å². The largest absolute Gasteiger partial charge is 0.370 e. The Morgan fingerprint density at radius 3 is 2.07 bits per heavy atom. The number of hydrogen-bond donors (Lipinski definition) is 2. The number of nitrogens with zero attached hydrogens (tertiary/aromatic N) is 1. The number of nitrogens with two attached hydrogens (primary N) is 1. The molecule has 2 rings (SSSR count). The second kappa shape index (κ2) is 3.79. The first-order valence-corrected chi connectivity index (χ1v) is 5.81. The lowest BCUT2D eigenvalue weighted by Crippen LogP contribution is -2.46. The van der Waals surface area contributed by atoms with Crippen LogP contribution in [0.5, 0.6) is 0 Å². The van der Waals surface area contributed by atoms with Gasteiger partial charge in [-0.2, -0.15) is 0 Å². The Hall–Kier alpha value is -0.730. The molecule has 3 heteroatoms. The smallest absolute Gasteiger partial charge is 0.188 e. The number of likely N-dealkylation sites (tertiary alicyclic amines) is 1. The number of guanidine groups is 1. The van der Waals surface area contributed by atoms with Crippen LogP contribution >= 0.6 is 0 Å². The van der Waals surface area contributed by atoms with Crippen molar-refractivity contribution in [2.24, 2.45) is 11.1 Å². The molecule has 1 aliphatic carbocycles. The average Bonchev–Trinajstić information content (AvgIpc) is 2.19. The van der Waals surface area contributed by atoms with Gasteiger partial charge in [-0.25, -0.2) is 0 Å². The van der Waals surface area contributed by atoms with Crippen LogP contribution in [-0.2, 0) is 0 Å². The summed E-state index contributed by atoms with van der Waals surface area (Å²) in [5.41, 5.74) is 6.12. The highest BCUT2D eigenvalue weighted by molar-refractivity contribution is 5.74. The Kier molecular flexibility index (Phi) is 2.66. The molecule has 3 N–H and O–H groups in total. The average molecular weight is 195 g/mol. The Bertz CT molecular complexity index is 209. The fourth-order valence-electron chi connectivity index (χ4n) is 3.02. The zero-order valence-electron chi connectivity index (χ0n) is 8.89. The third-order valence-electron chi connectivity index (χ3n) is 4.08. The van der Waals surface area contributed by atoms with Crippen LogP contribution in [0.1, 0.15) is 44.9 Å². The summed E-state index contributed by atoms with van der Waals surface area (Å²) in [4.78, 5) is 2.01. The molecule has 2 aliphatic rings. The van der Waals surface area contributed by atoms with E-state index in [1.807, 2.05) is 4.90 Å². The first kappa shape index (κ1) is 9.81. The molecule has 1 saturated heterocycles. The standard InChI is InChI=1S/C11H21N3/c12-10(13)14-8-6-11(7-9-14)4-2-1-3-5-11/h1-9H2,(H3,12,13). The molecule has 0 aromatic carbocycles. The van der Waals surface area contributed by atoms with Gasteiger partial charge in [-0.1, -0.05) is 19.3 Å². The highest BCUT2D eigenvalue weighted by Crippen LogP contribution is 2.44. The molecular formula is C11H21N3. The molecule has 0 amide bonds. The molecule has 3 nitrogen and oxygen atoms in total. The summed E-state index contributed by atoms with van der Waals surface area (Å²) in [5.74, 6) is 0.260. The molecule has 0 aromatic rings. The van der Waals surface area contributed by atoms with E-state index >= 15 is 0 Å². The zero-order chi connectivity index (χ0) is 10.0. The topological polar surface area (TPSA) is 53.1 Å². The highest BCUT2D eigenvalue weighted by atomic mass is 15.2. The number of nitrogens with one attached hydrogen (secondary N) is 1. The van der Waals surface area contributed by atoms with Gasteiger partial charge in [0.15, 0.2) is 5.96 Å². The summed E-state index contributed by atoms with van der Waals surface area (Å²) in [6, 6.07) is 0. The van der Waals surface area contributed by atoms with Crippen molar-refractivity contribution in [1.29, 1.82) is 5.41 Å². The van der Waals surface area contributed by atoms with Crippen molar-refractivity contribution < 1.29 is 0 Å². The van der Waals surface area contributed by atoms with Gasteiger partial charge in [0.1, 0.15) is 0 Å². The molecular weight excluding hydrogens is 174 g/mol. The SMILES string of the molecule is N=C(N)N1CCC2(CCCCC2)CC1. The van der Waals surface area contributed by atoms with Gasteiger partial charge in [-0.05, 0) is 31.1 Å². The number of piperidine rings is 1. The van der Waals surface area contributed by atoms with Crippen molar-refractivity contribution >= 4 is 5.96 Å². The molecule has 1 spiro atoms. The van der Waals surface area contributed by atoms with E-state index in [0.717, 1.165) is 13.1 Å². The summed E-state index contributed by atoms with van der Waals surface area (Å²) in [7, 11) is 0. The van der Waals surface area contributed by atoms with Crippen LogP contribution in [0.15, 0.2) is 0 Å². The van der Waals surface area contributed by atoms with Gasteiger partial charge < -0.3 is 10.6 Å². The van der Waals surface area contributed by atoms with Gasteiger partial charge in [0.2, 0.25) is 0 Å². The van der Waals surface area contributed by atoms with Crippen molar-refractivity contribution in [3.8, 4) is 0 Å². The van der Waals surface area contributed by atoms with Gasteiger partial charge in [0.25, 0.3) is 0 Å². The van der Waals surface area contributed by atoms with Crippen molar-refractivity contribution in [2.45, 2.75) is 44.9 Å². The van der Waals surface area contributed by atoms with E-state index in [1.165, 1.54) is 44.9 Å². The summed E-state index contributed by atoms with van der Waals surface area (Å²) < 4.78 is 0. The van der Waals surface area contributed by atoms with Crippen molar-refractivity contribution in [2.75, 3.05) is 13.1 Å². The lowest BCUT2D eigenvalue weighted by Gasteiger charge is -2.44. The predicted octanol–water partition coefficient (Wildman–Crippen LogP) is 1.93. The van der Waals surface area contributed by atoms with Crippen LogP contribution in [0.4, 0.5) is 0 Å². The van der Waals surface area contributed by atoms with Gasteiger partial charge in [0.05, 0.1) is 0 Å². The summed E-state index contributed by atoms with van der Waals surface area (Å²) >= 11 is 0. The first-order chi connectivity index (χ1) is 6.72. The van der Waals surface area contributed by atoms with Gasteiger partial charge in [-0.15, -0.1) is 0 Å². The molecule has 0 aromatic heterocycles. The van der Waals surface area contributed by atoms with Crippen LogP contribution < -0.4 is 5.73 Å². The van der Waals surface area contributed by atoms with Gasteiger partial charge in [-0.3, -0.25) is 5.41 Å². The van der Waals surface area contributed by atoms with Crippen molar-refractivity contribution in [1.82, 2.24) is 4.90 Å². The minimum Gasteiger partial charge on any atom is -0.370 e. The summed E-state index contributed by atoms with van der Waals surface area (Å²) in [6.07, 6.45) is 9.61. The summed E-state index contributed by atoms with van der Waals surface area (Å²) in [6.45, 7) is 2.02. The maximum Gasteiger partial charge on any atom is 0.188 e. The quantitative estimate of drug-likeness (QED) is 0.458. The molecule has 14 heavy (non-hydrogen) atoms. The Morgan fingerprint density at radius 1 is 1.00 bits per heavy atom. The molecule has 0 unspecified atom stereocenters. The van der Waals surface area contributed by atoms with E-state index < -0.39 is 0 Å². The van der Waals surface area contributed by atoms with Crippen LogP contribution in [0, 0.1) is 10.8 Å². The fourth-order valence-corrected chi connectivity index (χ4v) is 3.02. The Balaban J connectivity index is 1.90. The zero-order valence-corrected chi connectivity index (χ0v) is 8.89. The number of rotatable bonds is 0.